The van der Waals surface area contributed by atoms with Gasteiger partial charge in [-0.3, -0.25) is 9.11 Å². The van der Waals surface area contributed by atoms with Gasteiger partial charge in [-0.05, 0) is 32.0 Å². The van der Waals surface area contributed by atoms with Gasteiger partial charge < -0.3 is 9.64 Å². The number of pyridine rings is 1. The average molecular weight is 427 g/mol. The molecule has 1 fully saturated rings. The maximum absolute atomic E-state index is 11.7. The second-order valence-electron chi connectivity index (χ2n) is 6.54. The molecule has 0 spiro atoms. The molecule has 2 aromatic rings. The van der Waals surface area contributed by atoms with Crippen LogP contribution < -0.4 is 4.90 Å². The summed E-state index contributed by atoms with van der Waals surface area (Å²) >= 11 is 0. The van der Waals surface area contributed by atoms with E-state index < -0.39 is 30.2 Å². The van der Waals surface area contributed by atoms with Crippen LogP contribution in [0, 0.1) is 11.3 Å². The third-order valence-electron chi connectivity index (χ3n) is 4.30. The van der Waals surface area contributed by atoms with Gasteiger partial charge in [-0.2, -0.15) is 22.1 Å². The molecule has 12 heteroatoms. The number of hydrogen-bond donors (Lipinski definition) is 2. The van der Waals surface area contributed by atoms with Gasteiger partial charge in [-0.25, -0.2) is 4.98 Å². The molecule has 2 atom stereocenters. The summed E-state index contributed by atoms with van der Waals surface area (Å²) in [5.41, 5.74) is 0.377. The lowest BCUT2D eigenvalue weighted by Gasteiger charge is -2.37. The third kappa shape index (κ3) is 3.80. The average Bonchev–Trinajstić information content (AvgIpc) is 2.57. The van der Waals surface area contributed by atoms with E-state index in [9.17, 15) is 31.2 Å². The number of nitrogens with zero attached hydrogens (tertiary/aromatic N) is 3. The minimum atomic E-state index is -5.08. The summed E-state index contributed by atoms with van der Waals surface area (Å²) in [6.45, 7) is 4.67. The van der Waals surface area contributed by atoms with Crippen LogP contribution in [0.4, 0.5) is 5.69 Å². The third-order valence-corrected chi connectivity index (χ3v) is 6.09. The molecular formula is C16H17N3O7S2. The highest BCUT2D eigenvalue weighted by Gasteiger charge is 2.30. The summed E-state index contributed by atoms with van der Waals surface area (Å²) in [6, 6.07) is 5.78. The minimum absolute atomic E-state index is 0.0140. The molecule has 1 aliphatic rings. The Morgan fingerprint density at radius 2 is 1.75 bits per heavy atom. The summed E-state index contributed by atoms with van der Waals surface area (Å²) in [5.74, 6) is 0. The molecule has 0 bridgehead atoms. The Morgan fingerprint density at radius 1 is 1.14 bits per heavy atom. The Kier molecular flexibility index (Phi) is 5.07. The Labute approximate surface area is 161 Å². The highest BCUT2D eigenvalue weighted by molar-refractivity contribution is 7.89. The second-order valence-corrected chi connectivity index (χ2v) is 9.27. The monoisotopic (exact) mass is 427 g/mol. The summed E-state index contributed by atoms with van der Waals surface area (Å²) in [4.78, 5) is 4.55. The first kappa shape index (κ1) is 20.4. The van der Waals surface area contributed by atoms with Gasteiger partial charge in [0, 0.05) is 24.2 Å². The molecule has 1 saturated heterocycles. The fraction of sp³-hybridized carbons (Fsp3) is 0.375. The zero-order valence-corrected chi connectivity index (χ0v) is 16.5. The van der Waals surface area contributed by atoms with Gasteiger partial charge in [0.15, 0.2) is 0 Å². The fourth-order valence-corrected chi connectivity index (χ4v) is 5.00. The van der Waals surface area contributed by atoms with Crippen LogP contribution in [-0.4, -0.2) is 56.2 Å². The van der Waals surface area contributed by atoms with Gasteiger partial charge in [-0.1, -0.05) is 0 Å². The van der Waals surface area contributed by atoms with Crippen molar-refractivity contribution >= 4 is 36.8 Å². The summed E-state index contributed by atoms with van der Waals surface area (Å²) < 4.78 is 71.2. The number of anilines is 1. The number of morpholine rings is 1. The van der Waals surface area contributed by atoms with E-state index in [2.05, 4.69) is 4.98 Å². The largest absolute Gasteiger partial charge is 0.372 e. The van der Waals surface area contributed by atoms with Crippen LogP contribution in [0.5, 0.6) is 0 Å². The molecule has 3 rings (SSSR count). The number of fused-ring (bicyclic) bond motifs is 1. The zero-order valence-electron chi connectivity index (χ0n) is 14.9. The molecule has 1 aliphatic heterocycles. The zero-order chi connectivity index (χ0) is 20.9. The minimum Gasteiger partial charge on any atom is -0.372 e. The maximum Gasteiger partial charge on any atom is 0.313 e. The Hall–Kier alpha value is -2.30. The highest BCUT2D eigenvalue weighted by Crippen LogP contribution is 2.34. The van der Waals surface area contributed by atoms with Crippen molar-refractivity contribution in [3.63, 3.8) is 0 Å². The lowest BCUT2D eigenvalue weighted by molar-refractivity contribution is -0.00513. The number of aromatic nitrogens is 1. The molecule has 2 N–H and O–H groups in total. The Bertz CT molecular complexity index is 1190. The van der Waals surface area contributed by atoms with Crippen LogP contribution in [0.3, 0.4) is 0 Å². The van der Waals surface area contributed by atoms with Crippen LogP contribution in [-0.2, 0) is 25.0 Å². The number of hydrogen-bond acceptors (Lipinski definition) is 8. The molecular weight excluding hydrogens is 410 g/mol. The molecule has 1 aromatic heterocycles. The normalized spacial score (nSPS) is 20.9. The summed E-state index contributed by atoms with van der Waals surface area (Å²) in [6.07, 6.45) is -0.249. The standard InChI is InChI=1S/C16H17N3O7S2/c1-9-7-19(8-10(2)26-9)13-4-3-11(6-17)15-12(13)5-14(27(20,21)22)16(18-15)28(23,24)25/h3-5,9-10H,7-8H2,1-2H3,(H,20,21,22)(H,23,24,25)/t9-,10+. The van der Waals surface area contributed by atoms with E-state index in [1.165, 1.54) is 6.07 Å². The first-order valence-electron chi connectivity index (χ1n) is 8.15. The van der Waals surface area contributed by atoms with E-state index in [1.807, 2.05) is 24.8 Å². The lowest BCUT2D eigenvalue weighted by Crippen LogP contribution is -2.45. The summed E-state index contributed by atoms with van der Waals surface area (Å²) in [7, 11) is -10.1. The van der Waals surface area contributed by atoms with Crippen LogP contribution in [0.1, 0.15) is 19.4 Å². The predicted molar refractivity (Wildman–Crippen MR) is 98.3 cm³/mol. The van der Waals surface area contributed by atoms with Gasteiger partial charge in [0.05, 0.1) is 23.3 Å². The quantitative estimate of drug-likeness (QED) is 0.682. The maximum atomic E-state index is 11.7. The van der Waals surface area contributed by atoms with E-state index >= 15 is 0 Å². The van der Waals surface area contributed by atoms with Crippen molar-refractivity contribution in [1.29, 1.82) is 5.26 Å². The highest BCUT2D eigenvalue weighted by atomic mass is 32.2. The van der Waals surface area contributed by atoms with Crippen molar-refractivity contribution in [2.45, 2.75) is 36.0 Å². The number of ether oxygens (including phenoxy) is 1. The van der Waals surface area contributed by atoms with Crippen LogP contribution >= 0.6 is 0 Å². The van der Waals surface area contributed by atoms with Crippen LogP contribution in [0.2, 0.25) is 0 Å². The van der Waals surface area contributed by atoms with Crippen molar-refractivity contribution in [1.82, 2.24) is 4.98 Å². The van der Waals surface area contributed by atoms with Gasteiger partial charge in [-0.15, -0.1) is 0 Å². The van der Waals surface area contributed by atoms with Crippen molar-refractivity contribution in [3.05, 3.63) is 23.8 Å². The van der Waals surface area contributed by atoms with Crippen molar-refractivity contribution in [3.8, 4) is 6.07 Å². The van der Waals surface area contributed by atoms with E-state index in [4.69, 9.17) is 4.74 Å². The van der Waals surface area contributed by atoms with Crippen LogP contribution in [0.25, 0.3) is 10.9 Å². The molecule has 0 aliphatic carbocycles. The molecule has 1 aromatic carbocycles. The number of benzene rings is 1. The molecule has 0 radical (unpaired) electrons. The smallest absolute Gasteiger partial charge is 0.313 e. The van der Waals surface area contributed by atoms with E-state index in [0.29, 0.717) is 18.8 Å². The first-order valence-corrected chi connectivity index (χ1v) is 11.0. The molecule has 0 saturated carbocycles. The van der Waals surface area contributed by atoms with E-state index in [-0.39, 0.29) is 28.7 Å². The SMILES string of the molecule is C[C@@H]1CN(c2ccc(C#N)c3nc(S(=O)(=O)O)c(S(=O)(=O)O)cc23)C[C@H](C)O1. The Morgan fingerprint density at radius 3 is 2.25 bits per heavy atom. The predicted octanol–water partition coefficient (Wildman–Crippen LogP) is 1.21. The van der Waals surface area contributed by atoms with E-state index in [0.717, 1.165) is 6.07 Å². The van der Waals surface area contributed by atoms with Gasteiger partial charge in [0.1, 0.15) is 11.0 Å². The number of rotatable bonds is 3. The molecule has 0 amide bonds. The van der Waals surface area contributed by atoms with Gasteiger partial charge in [0.2, 0.25) is 5.03 Å². The Balaban J connectivity index is 2.39. The summed E-state index contributed by atoms with van der Waals surface area (Å²) in [5, 5.41) is 8.26. The molecule has 10 nitrogen and oxygen atoms in total. The van der Waals surface area contributed by atoms with Gasteiger partial charge >= 0.3 is 10.1 Å². The number of nitriles is 1. The van der Waals surface area contributed by atoms with Crippen LogP contribution in [0.15, 0.2) is 28.1 Å². The molecule has 28 heavy (non-hydrogen) atoms. The topological polar surface area (TPSA) is 158 Å². The van der Waals surface area contributed by atoms with E-state index in [1.54, 1.807) is 6.07 Å². The molecule has 0 unspecified atom stereocenters. The van der Waals surface area contributed by atoms with Crippen molar-refractivity contribution in [2.75, 3.05) is 18.0 Å². The second kappa shape index (κ2) is 6.94. The first-order chi connectivity index (χ1) is 12.9. The molecule has 150 valence electrons. The van der Waals surface area contributed by atoms with Crippen molar-refractivity contribution < 1.29 is 30.7 Å². The van der Waals surface area contributed by atoms with Gasteiger partial charge in [0.25, 0.3) is 10.1 Å². The molecule has 2 heterocycles. The lowest BCUT2D eigenvalue weighted by atomic mass is 10.1. The van der Waals surface area contributed by atoms with Crippen molar-refractivity contribution in [2.24, 2.45) is 0 Å². The fourth-order valence-electron chi connectivity index (χ4n) is 3.32.